The number of benzene rings is 4. The van der Waals surface area contributed by atoms with E-state index in [0.29, 0.717) is 17.2 Å². The van der Waals surface area contributed by atoms with Gasteiger partial charge in [0.15, 0.2) is 5.13 Å². The predicted octanol–water partition coefficient (Wildman–Crippen LogP) is 6.27. The lowest BCUT2D eigenvalue weighted by atomic mass is 10.1. The summed E-state index contributed by atoms with van der Waals surface area (Å²) in [5.41, 5.74) is 4.18. The van der Waals surface area contributed by atoms with Crippen LogP contribution in [0.4, 0.5) is 5.13 Å². The molecule has 0 saturated carbocycles. The van der Waals surface area contributed by atoms with Gasteiger partial charge in [-0.25, -0.2) is 13.4 Å². The summed E-state index contributed by atoms with van der Waals surface area (Å²) in [5.74, 6) is -0.243. The van der Waals surface area contributed by atoms with Gasteiger partial charge in [0, 0.05) is 19.2 Å². The highest BCUT2D eigenvalue weighted by Gasteiger charge is 2.25. The van der Waals surface area contributed by atoms with Crippen molar-refractivity contribution in [2.45, 2.75) is 24.9 Å². The molecule has 0 saturated heterocycles. The first-order valence-corrected chi connectivity index (χ1v) is 14.4. The molecule has 0 aliphatic carbocycles. The topological polar surface area (TPSA) is 70.6 Å². The fraction of sp³-hybridized carbons (Fsp3) is 0.133. The van der Waals surface area contributed by atoms with E-state index in [9.17, 15) is 13.2 Å². The zero-order valence-electron chi connectivity index (χ0n) is 21.1. The molecule has 0 N–H and O–H groups in total. The van der Waals surface area contributed by atoms with E-state index < -0.39 is 10.0 Å². The van der Waals surface area contributed by atoms with Gasteiger partial charge in [-0.2, -0.15) is 4.31 Å². The zero-order chi connectivity index (χ0) is 26.7. The highest BCUT2D eigenvalue weighted by Crippen LogP contribution is 2.32. The summed E-state index contributed by atoms with van der Waals surface area (Å²) in [6.07, 6.45) is 0. The van der Waals surface area contributed by atoms with E-state index in [1.165, 1.54) is 27.8 Å². The van der Waals surface area contributed by atoms with Gasteiger partial charge in [0.1, 0.15) is 0 Å². The molecule has 0 fully saturated rings. The monoisotopic (exact) mass is 541 g/mol. The van der Waals surface area contributed by atoms with Gasteiger partial charge in [0.25, 0.3) is 5.91 Å². The molecule has 5 aromatic rings. The minimum Gasteiger partial charge on any atom is -0.279 e. The maximum absolute atomic E-state index is 13.8. The van der Waals surface area contributed by atoms with Crippen LogP contribution in [0, 0.1) is 6.92 Å². The maximum atomic E-state index is 13.8. The molecule has 38 heavy (non-hydrogen) atoms. The second-order valence-corrected chi connectivity index (χ2v) is 12.1. The Morgan fingerprint density at radius 1 is 0.789 bits per heavy atom. The van der Waals surface area contributed by atoms with Crippen molar-refractivity contribution >= 4 is 42.6 Å². The Balaban J connectivity index is 1.44. The van der Waals surface area contributed by atoms with Crippen LogP contribution in [0.25, 0.3) is 10.2 Å². The Kier molecular flexibility index (Phi) is 7.37. The zero-order valence-corrected chi connectivity index (χ0v) is 22.7. The third-order valence-corrected chi connectivity index (χ3v) is 9.19. The second kappa shape index (κ2) is 10.9. The molecule has 0 spiro atoms. The minimum absolute atomic E-state index is 0.137. The van der Waals surface area contributed by atoms with Crippen LogP contribution in [0.5, 0.6) is 0 Å². The largest absolute Gasteiger partial charge is 0.279 e. The number of carbonyl (C=O) groups is 1. The number of rotatable bonds is 8. The van der Waals surface area contributed by atoms with E-state index in [0.717, 1.165) is 26.9 Å². The lowest BCUT2D eigenvalue weighted by Crippen LogP contribution is -2.30. The molecule has 0 atom stereocenters. The summed E-state index contributed by atoms with van der Waals surface area (Å²) >= 11 is 1.47. The Labute approximate surface area is 226 Å². The van der Waals surface area contributed by atoms with Crippen LogP contribution in [0.3, 0.4) is 0 Å². The van der Waals surface area contributed by atoms with Crippen molar-refractivity contribution in [3.63, 3.8) is 0 Å². The van der Waals surface area contributed by atoms with Crippen molar-refractivity contribution in [3.8, 4) is 0 Å². The molecule has 0 aliphatic rings. The summed E-state index contributed by atoms with van der Waals surface area (Å²) < 4.78 is 28.7. The molecule has 1 heterocycles. The predicted molar refractivity (Wildman–Crippen MR) is 153 cm³/mol. The lowest BCUT2D eigenvalue weighted by molar-refractivity contribution is 0.0985. The number of hydrogen-bond acceptors (Lipinski definition) is 5. The number of para-hydroxylation sites is 1. The molecule has 1 aromatic heterocycles. The molecular weight excluding hydrogens is 514 g/mol. The van der Waals surface area contributed by atoms with Gasteiger partial charge in [-0.05, 0) is 53.9 Å². The van der Waals surface area contributed by atoms with E-state index in [1.807, 2.05) is 85.8 Å². The molecule has 1 amide bonds. The number of hydrogen-bond donors (Lipinski definition) is 0. The van der Waals surface area contributed by atoms with Gasteiger partial charge in [0.2, 0.25) is 10.0 Å². The maximum Gasteiger partial charge on any atom is 0.260 e. The van der Waals surface area contributed by atoms with Crippen molar-refractivity contribution in [2.24, 2.45) is 0 Å². The Morgan fingerprint density at radius 3 is 2.00 bits per heavy atom. The SMILES string of the molecule is Cc1cccc2sc(N(Cc3ccccc3)C(=O)c3ccc(S(=O)(=O)N(C)Cc4ccccc4)cc3)nc12. The average Bonchev–Trinajstić information content (AvgIpc) is 3.38. The quantitative estimate of drug-likeness (QED) is 0.232. The lowest BCUT2D eigenvalue weighted by Gasteiger charge is -2.21. The summed E-state index contributed by atoms with van der Waals surface area (Å²) in [6, 6.07) is 31.3. The van der Waals surface area contributed by atoms with Gasteiger partial charge in [-0.15, -0.1) is 0 Å². The normalized spacial score (nSPS) is 11.7. The number of thiazole rings is 1. The molecule has 0 radical (unpaired) electrons. The summed E-state index contributed by atoms with van der Waals surface area (Å²) in [5, 5.41) is 0.599. The van der Waals surface area contributed by atoms with Gasteiger partial charge in [0.05, 0.1) is 21.7 Å². The molecule has 4 aromatic carbocycles. The van der Waals surface area contributed by atoms with Crippen LogP contribution in [0.15, 0.2) is 108 Å². The molecule has 0 unspecified atom stereocenters. The molecule has 0 aliphatic heterocycles. The van der Waals surface area contributed by atoms with Crippen LogP contribution in [-0.2, 0) is 23.1 Å². The molecule has 5 rings (SSSR count). The minimum atomic E-state index is -3.72. The average molecular weight is 542 g/mol. The van der Waals surface area contributed by atoms with E-state index >= 15 is 0 Å². The fourth-order valence-electron chi connectivity index (χ4n) is 4.21. The van der Waals surface area contributed by atoms with E-state index in [4.69, 9.17) is 4.98 Å². The summed E-state index contributed by atoms with van der Waals surface area (Å²) in [6.45, 7) is 2.60. The van der Waals surface area contributed by atoms with Gasteiger partial charge < -0.3 is 0 Å². The first kappa shape index (κ1) is 25.8. The smallest absolute Gasteiger partial charge is 0.260 e. The Morgan fingerprint density at radius 2 is 1.39 bits per heavy atom. The number of sulfonamides is 1. The van der Waals surface area contributed by atoms with Crippen LogP contribution < -0.4 is 4.90 Å². The summed E-state index contributed by atoms with van der Waals surface area (Å²) in [4.78, 5) is 20.4. The molecular formula is C30H27N3O3S2. The van der Waals surface area contributed by atoms with Crippen molar-refractivity contribution < 1.29 is 13.2 Å². The van der Waals surface area contributed by atoms with E-state index in [-0.39, 0.29) is 17.3 Å². The number of nitrogens with zero attached hydrogens (tertiary/aromatic N) is 3. The highest BCUT2D eigenvalue weighted by atomic mass is 32.2. The third kappa shape index (κ3) is 5.38. The number of amides is 1. The van der Waals surface area contributed by atoms with Crippen molar-refractivity contribution in [3.05, 3.63) is 125 Å². The Hall–Kier alpha value is -3.85. The highest BCUT2D eigenvalue weighted by molar-refractivity contribution is 7.89. The molecule has 8 heteroatoms. The van der Waals surface area contributed by atoms with Crippen molar-refractivity contribution in [1.82, 2.24) is 9.29 Å². The second-order valence-electron chi connectivity index (χ2n) is 9.07. The van der Waals surface area contributed by atoms with Crippen molar-refractivity contribution in [2.75, 3.05) is 11.9 Å². The van der Waals surface area contributed by atoms with Crippen LogP contribution in [0.2, 0.25) is 0 Å². The first-order valence-electron chi connectivity index (χ1n) is 12.2. The number of aromatic nitrogens is 1. The molecule has 192 valence electrons. The first-order chi connectivity index (χ1) is 18.3. The van der Waals surface area contributed by atoms with Gasteiger partial charge >= 0.3 is 0 Å². The summed E-state index contributed by atoms with van der Waals surface area (Å²) in [7, 11) is -2.17. The fourth-order valence-corrected chi connectivity index (χ4v) is 6.41. The van der Waals surface area contributed by atoms with E-state index in [2.05, 4.69) is 0 Å². The van der Waals surface area contributed by atoms with E-state index in [1.54, 1.807) is 24.1 Å². The third-order valence-electron chi connectivity index (χ3n) is 6.33. The van der Waals surface area contributed by atoms with Crippen LogP contribution >= 0.6 is 11.3 Å². The van der Waals surface area contributed by atoms with Gasteiger partial charge in [-0.3, -0.25) is 9.69 Å². The standard InChI is InChI=1S/C30H27N3O3S2/c1-22-10-9-15-27-28(22)31-30(37-27)33(21-24-13-7-4-8-14-24)29(34)25-16-18-26(19-17-25)38(35,36)32(2)20-23-11-5-3-6-12-23/h3-19H,20-21H2,1-2H3. The Bertz CT molecular complexity index is 1670. The van der Waals surface area contributed by atoms with Crippen molar-refractivity contribution in [1.29, 1.82) is 0 Å². The van der Waals surface area contributed by atoms with Crippen LogP contribution in [-0.4, -0.2) is 30.7 Å². The number of carbonyl (C=O) groups excluding carboxylic acids is 1. The van der Waals surface area contributed by atoms with Gasteiger partial charge in [-0.1, -0.05) is 84.1 Å². The molecule has 0 bridgehead atoms. The van der Waals surface area contributed by atoms with Crippen LogP contribution in [0.1, 0.15) is 27.0 Å². The number of aryl methyl sites for hydroxylation is 1. The number of anilines is 1. The molecule has 6 nitrogen and oxygen atoms in total. The number of fused-ring (bicyclic) bond motifs is 1.